The summed E-state index contributed by atoms with van der Waals surface area (Å²) in [5.74, 6) is 0.993. The first-order valence-corrected chi connectivity index (χ1v) is 13.5. The van der Waals surface area contributed by atoms with Crippen molar-refractivity contribution in [3.8, 4) is 11.6 Å². The molecule has 2 heterocycles. The highest BCUT2D eigenvalue weighted by Gasteiger charge is 2.34. The number of hydrogen-bond acceptors (Lipinski definition) is 7. The minimum atomic E-state index is -0.769. The zero-order valence-corrected chi connectivity index (χ0v) is 22.9. The maximum atomic E-state index is 12.9. The predicted molar refractivity (Wildman–Crippen MR) is 145 cm³/mol. The van der Waals surface area contributed by atoms with Gasteiger partial charge in [0.05, 0.1) is 38.0 Å². The molecule has 0 unspecified atom stereocenters. The molecule has 1 saturated heterocycles. The van der Waals surface area contributed by atoms with E-state index in [2.05, 4.69) is 9.88 Å². The molecular weight excluding hydrogens is 484 g/mol. The Morgan fingerprint density at radius 2 is 1.84 bits per heavy atom. The standard InChI is InChI=1S/C30H40N2O6/c1-30(2,3)19-38-29(35)24-8-7-23(36-4)16-26(24)32-13-10-20(11-14-32)18-37-27-15-22(9-12-31-27)25(17-28(33)34)21-5-6-21/h7-9,12,15-16,20-21,25H,5-6,10-11,13-14,17-19H2,1-4H3,(H,33,34)/t25-/m0/s1. The van der Waals surface area contributed by atoms with Crippen LogP contribution >= 0.6 is 0 Å². The van der Waals surface area contributed by atoms with Crippen LogP contribution in [0.4, 0.5) is 5.69 Å². The molecule has 1 atom stereocenters. The van der Waals surface area contributed by atoms with Crippen molar-refractivity contribution >= 4 is 17.6 Å². The molecule has 0 spiro atoms. The largest absolute Gasteiger partial charge is 0.497 e. The van der Waals surface area contributed by atoms with Gasteiger partial charge in [0.25, 0.3) is 0 Å². The maximum absolute atomic E-state index is 12.9. The molecule has 206 valence electrons. The first kappa shape index (κ1) is 27.7. The number of carboxylic acid groups (broad SMARTS) is 1. The van der Waals surface area contributed by atoms with Crippen LogP contribution in [0.2, 0.25) is 0 Å². The lowest BCUT2D eigenvalue weighted by atomic mass is 9.92. The first-order valence-electron chi connectivity index (χ1n) is 13.5. The molecule has 1 saturated carbocycles. The van der Waals surface area contributed by atoms with Crippen molar-refractivity contribution in [3.05, 3.63) is 47.7 Å². The summed E-state index contributed by atoms with van der Waals surface area (Å²) in [5, 5.41) is 9.32. The van der Waals surface area contributed by atoms with Gasteiger partial charge in [0.15, 0.2) is 0 Å². The summed E-state index contributed by atoms with van der Waals surface area (Å²) >= 11 is 0. The number of anilines is 1. The molecule has 8 nitrogen and oxygen atoms in total. The Labute approximate surface area is 225 Å². The first-order chi connectivity index (χ1) is 18.1. The van der Waals surface area contributed by atoms with Gasteiger partial charge in [0.1, 0.15) is 5.75 Å². The zero-order chi connectivity index (χ0) is 27.3. The van der Waals surface area contributed by atoms with Gasteiger partial charge in [-0.15, -0.1) is 0 Å². The van der Waals surface area contributed by atoms with Gasteiger partial charge in [0.2, 0.25) is 5.88 Å². The van der Waals surface area contributed by atoms with Gasteiger partial charge in [-0.25, -0.2) is 9.78 Å². The lowest BCUT2D eigenvalue weighted by Gasteiger charge is -2.34. The van der Waals surface area contributed by atoms with E-state index < -0.39 is 5.97 Å². The number of carbonyl (C=O) groups is 2. The minimum Gasteiger partial charge on any atom is -0.497 e. The molecule has 0 amide bonds. The fraction of sp³-hybridized carbons (Fsp3) is 0.567. The zero-order valence-electron chi connectivity index (χ0n) is 22.9. The number of esters is 1. The highest BCUT2D eigenvalue weighted by molar-refractivity contribution is 5.96. The van der Waals surface area contributed by atoms with Crippen LogP contribution in [0.25, 0.3) is 0 Å². The van der Waals surface area contributed by atoms with Gasteiger partial charge >= 0.3 is 11.9 Å². The van der Waals surface area contributed by atoms with E-state index >= 15 is 0 Å². The van der Waals surface area contributed by atoms with Gasteiger partial charge in [0, 0.05) is 31.4 Å². The van der Waals surface area contributed by atoms with E-state index in [1.54, 1.807) is 25.4 Å². The van der Waals surface area contributed by atoms with E-state index in [-0.39, 0.29) is 23.7 Å². The summed E-state index contributed by atoms with van der Waals surface area (Å²) in [4.78, 5) is 30.8. The number of aromatic nitrogens is 1. The number of carboxylic acids is 1. The molecule has 38 heavy (non-hydrogen) atoms. The topological polar surface area (TPSA) is 98.2 Å². The fourth-order valence-electron chi connectivity index (χ4n) is 4.95. The van der Waals surface area contributed by atoms with Crippen molar-refractivity contribution in [2.45, 2.75) is 58.8 Å². The van der Waals surface area contributed by atoms with Crippen molar-refractivity contribution in [2.24, 2.45) is 17.3 Å². The average molecular weight is 525 g/mol. The van der Waals surface area contributed by atoms with Crippen LogP contribution in [0, 0.1) is 17.3 Å². The molecule has 2 fully saturated rings. The quantitative estimate of drug-likeness (QED) is 0.382. The lowest BCUT2D eigenvalue weighted by Crippen LogP contribution is -2.36. The maximum Gasteiger partial charge on any atom is 0.340 e. The Morgan fingerprint density at radius 1 is 1.11 bits per heavy atom. The molecule has 4 rings (SSSR count). The second kappa shape index (κ2) is 12.0. The second-order valence-corrected chi connectivity index (χ2v) is 11.7. The van der Waals surface area contributed by atoms with E-state index in [0.29, 0.717) is 42.2 Å². The predicted octanol–water partition coefficient (Wildman–Crippen LogP) is 5.56. The van der Waals surface area contributed by atoms with Crippen LogP contribution in [-0.4, -0.2) is 55.4 Å². The molecular formula is C30H40N2O6. The number of aliphatic carboxylic acids is 1. The number of ether oxygens (including phenoxy) is 3. The fourth-order valence-corrected chi connectivity index (χ4v) is 4.95. The smallest absolute Gasteiger partial charge is 0.340 e. The Bertz CT molecular complexity index is 1120. The van der Waals surface area contributed by atoms with E-state index in [0.717, 1.165) is 50.0 Å². The number of hydrogen-bond donors (Lipinski definition) is 1. The summed E-state index contributed by atoms with van der Waals surface area (Å²) in [6, 6.07) is 9.31. The molecule has 1 N–H and O–H groups in total. The van der Waals surface area contributed by atoms with Crippen molar-refractivity contribution in [3.63, 3.8) is 0 Å². The van der Waals surface area contributed by atoms with Crippen molar-refractivity contribution < 1.29 is 28.9 Å². The minimum absolute atomic E-state index is 0.0215. The molecule has 1 aliphatic carbocycles. The van der Waals surface area contributed by atoms with Gasteiger partial charge in [-0.1, -0.05) is 20.8 Å². The van der Waals surface area contributed by atoms with E-state index in [1.165, 1.54) is 0 Å². The summed E-state index contributed by atoms with van der Waals surface area (Å²) in [5.41, 5.74) is 2.28. The van der Waals surface area contributed by atoms with Gasteiger partial charge in [-0.2, -0.15) is 0 Å². The van der Waals surface area contributed by atoms with Crippen LogP contribution in [-0.2, 0) is 9.53 Å². The Morgan fingerprint density at radius 3 is 2.47 bits per heavy atom. The second-order valence-electron chi connectivity index (χ2n) is 11.7. The van der Waals surface area contributed by atoms with Gasteiger partial charge in [-0.05, 0) is 72.6 Å². The van der Waals surface area contributed by atoms with E-state index in [9.17, 15) is 14.7 Å². The van der Waals surface area contributed by atoms with Gasteiger partial charge < -0.3 is 24.2 Å². The van der Waals surface area contributed by atoms with Crippen LogP contribution in [0.3, 0.4) is 0 Å². The molecule has 0 bridgehead atoms. The third kappa shape index (κ3) is 7.62. The molecule has 1 aliphatic heterocycles. The van der Waals surface area contributed by atoms with Crippen molar-refractivity contribution in [1.82, 2.24) is 4.98 Å². The summed E-state index contributed by atoms with van der Waals surface area (Å²) in [7, 11) is 1.62. The molecule has 0 radical (unpaired) electrons. The summed E-state index contributed by atoms with van der Waals surface area (Å²) in [6.45, 7) is 8.59. The van der Waals surface area contributed by atoms with Crippen molar-refractivity contribution in [1.29, 1.82) is 0 Å². The SMILES string of the molecule is COc1ccc(C(=O)OCC(C)(C)C)c(N2CCC(COc3cc([C@@H](CC(=O)O)C4CC4)ccn3)CC2)c1. The number of piperidine rings is 1. The number of benzene rings is 1. The molecule has 1 aromatic heterocycles. The monoisotopic (exact) mass is 524 g/mol. The number of methoxy groups -OCH3 is 1. The van der Waals surface area contributed by atoms with Crippen LogP contribution in [0.15, 0.2) is 36.5 Å². The Hall–Kier alpha value is -3.29. The molecule has 2 aliphatic rings. The molecule has 1 aromatic carbocycles. The Kier molecular flexibility index (Phi) is 8.80. The molecule has 2 aromatic rings. The summed E-state index contributed by atoms with van der Waals surface area (Å²) < 4.78 is 17.1. The van der Waals surface area contributed by atoms with Gasteiger partial charge in [-0.3, -0.25) is 4.79 Å². The normalized spacial score (nSPS) is 17.1. The highest BCUT2D eigenvalue weighted by Crippen LogP contribution is 2.45. The highest BCUT2D eigenvalue weighted by atomic mass is 16.5. The van der Waals surface area contributed by atoms with Crippen LogP contribution in [0.5, 0.6) is 11.6 Å². The third-order valence-electron chi connectivity index (χ3n) is 7.26. The average Bonchev–Trinajstić information content (AvgIpc) is 3.74. The summed E-state index contributed by atoms with van der Waals surface area (Å²) in [6.07, 6.45) is 5.85. The molecule has 8 heteroatoms. The lowest BCUT2D eigenvalue weighted by molar-refractivity contribution is -0.137. The van der Waals surface area contributed by atoms with E-state index in [1.807, 2.05) is 39.0 Å². The van der Waals surface area contributed by atoms with Crippen molar-refractivity contribution in [2.75, 3.05) is 38.3 Å². The number of pyridine rings is 1. The van der Waals surface area contributed by atoms with E-state index in [4.69, 9.17) is 14.2 Å². The third-order valence-corrected chi connectivity index (χ3v) is 7.26. The number of nitrogens with zero attached hydrogens (tertiary/aromatic N) is 2. The number of rotatable bonds is 11. The number of carbonyl (C=O) groups excluding carboxylic acids is 1. The Balaban J connectivity index is 1.35. The van der Waals surface area contributed by atoms with Crippen LogP contribution < -0.4 is 14.4 Å². The van der Waals surface area contributed by atoms with Crippen LogP contribution in [0.1, 0.15) is 74.7 Å².